The Morgan fingerprint density at radius 3 is 2.33 bits per heavy atom. The Balaban J connectivity index is 1.37. The normalized spacial score (nSPS) is 30.4. The van der Waals surface area contributed by atoms with Gasteiger partial charge in [-0.05, 0) is 61.2 Å². The van der Waals surface area contributed by atoms with Crippen LogP contribution in [0.1, 0.15) is 37.0 Å². The van der Waals surface area contributed by atoms with E-state index in [2.05, 4.69) is 21.2 Å². The molecule has 270 valence electrons. The number of amides is 3. The first kappa shape index (κ1) is 36.1. The standard InChI is InChI=1S/C40H39BrClN3O7/c1-24-34(26-13-7-3-8-14-26)51-39(50)32-33-37(48)45(29(23-46)21-25-11-5-2-6-12-25)36(40(33)22-30(41)35(32)52-40)38(49)44(28-18-16-27(42)17-19-28)20-10-4-9-15-31(47)43-24/h2-8,10-14,16-19,22,24,29,32-36,46H,9,15,20-21,23H2,1H3,(H,43,47)/b10-4-/t24-,29-,32+,33-,34+,35+,36+,40-/m1/s1. The van der Waals surface area contributed by atoms with Crippen LogP contribution < -0.4 is 10.2 Å². The zero-order valence-corrected chi connectivity index (χ0v) is 30.8. The van der Waals surface area contributed by atoms with Crippen LogP contribution in [0.15, 0.2) is 108 Å². The van der Waals surface area contributed by atoms with Gasteiger partial charge in [0.2, 0.25) is 11.8 Å². The molecule has 52 heavy (non-hydrogen) atoms. The van der Waals surface area contributed by atoms with Crippen molar-refractivity contribution in [3.05, 3.63) is 124 Å². The van der Waals surface area contributed by atoms with E-state index in [9.17, 15) is 19.5 Å². The molecule has 4 aliphatic heterocycles. The van der Waals surface area contributed by atoms with Crippen LogP contribution in [0.5, 0.6) is 0 Å². The summed E-state index contributed by atoms with van der Waals surface area (Å²) in [4.78, 5) is 60.8. The van der Waals surface area contributed by atoms with E-state index in [1.54, 1.807) is 42.2 Å². The maximum absolute atomic E-state index is 15.2. The van der Waals surface area contributed by atoms with E-state index in [0.717, 1.165) is 5.56 Å². The molecule has 7 rings (SSSR count). The smallest absolute Gasteiger partial charge is 0.313 e. The maximum atomic E-state index is 15.2. The first-order valence-electron chi connectivity index (χ1n) is 17.4. The molecule has 12 heteroatoms. The molecule has 0 unspecified atom stereocenters. The van der Waals surface area contributed by atoms with Crippen LogP contribution in [0.3, 0.4) is 0 Å². The van der Waals surface area contributed by atoms with Crippen molar-refractivity contribution in [1.29, 1.82) is 0 Å². The highest BCUT2D eigenvalue weighted by atomic mass is 79.9. The molecule has 4 aliphatic rings. The predicted octanol–water partition coefficient (Wildman–Crippen LogP) is 5.29. The minimum atomic E-state index is -1.56. The largest absolute Gasteiger partial charge is 0.455 e. The summed E-state index contributed by atoms with van der Waals surface area (Å²) in [7, 11) is 0. The Bertz CT molecular complexity index is 1890. The number of hydrogen-bond acceptors (Lipinski definition) is 7. The molecular weight excluding hydrogens is 750 g/mol. The van der Waals surface area contributed by atoms with Gasteiger partial charge in [-0.15, -0.1) is 0 Å². The number of cyclic esters (lactones) is 1. The lowest BCUT2D eigenvalue weighted by Gasteiger charge is -2.38. The van der Waals surface area contributed by atoms with Gasteiger partial charge in [-0.25, -0.2) is 0 Å². The molecule has 2 N–H and O–H groups in total. The van der Waals surface area contributed by atoms with Gasteiger partial charge in [-0.3, -0.25) is 19.2 Å². The molecule has 8 atom stereocenters. The lowest BCUT2D eigenvalue weighted by Crippen LogP contribution is -2.59. The molecule has 1 spiro atoms. The molecule has 2 fully saturated rings. The van der Waals surface area contributed by atoms with Crippen molar-refractivity contribution in [2.24, 2.45) is 11.8 Å². The van der Waals surface area contributed by atoms with Crippen molar-refractivity contribution in [2.75, 3.05) is 18.1 Å². The van der Waals surface area contributed by atoms with E-state index in [-0.39, 0.29) is 25.3 Å². The third-order valence-electron chi connectivity index (χ3n) is 10.4. The second kappa shape index (κ2) is 15.0. The number of carbonyl (C=O) groups excluding carboxylic acids is 4. The first-order valence-corrected chi connectivity index (χ1v) is 18.6. The Morgan fingerprint density at radius 1 is 0.942 bits per heavy atom. The van der Waals surface area contributed by atoms with E-state index in [4.69, 9.17) is 21.1 Å². The average Bonchev–Trinajstić information content (AvgIpc) is 3.74. The zero-order valence-electron chi connectivity index (χ0n) is 28.4. The first-order chi connectivity index (χ1) is 25.1. The van der Waals surface area contributed by atoms with Gasteiger partial charge in [0.15, 0.2) is 0 Å². The van der Waals surface area contributed by atoms with Crippen LogP contribution in [0, 0.1) is 11.8 Å². The Morgan fingerprint density at radius 2 is 1.63 bits per heavy atom. The number of hydrogen-bond donors (Lipinski definition) is 2. The molecule has 4 heterocycles. The van der Waals surface area contributed by atoms with Crippen LogP contribution in [0.25, 0.3) is 0 Å². The molecule has 2 saturated heterocycles. The number of nitrogens with one attached hydrogen (secondary N) is 1. The zero-order chi connectivity index (χ0) is 36.6. The van der Waals surface area contributed by atoms with Gasteiger partial charge in [-0.2, -0.15) is 0 Å². The van der Waals surface area contributed by atoms with Crippen LogP contribution in [-0.4, -0.2) is 76.7 Å². The fraction of sp³-hybridized carbons (Fsp3) is 0.350. The van der Waals surface area contributed by atoms with Crippen molar-refractivity contribution in [1.82, 2.24) is 10.2 Å². The summed E-state index contributed by atoms with van der Waals surface area (Å²) in [6.45, 7) is 1.44. The van der Waals surface area contributed by atoms with E-state index >= 15 is 4.79 Å². The van der Waals surface area contributed by atoms with E-state index < -0.39 is 72.2 Å². The predicted molar refractivity (Wildman–Crippen MR) is 198 cm³/mol. The summed E-state index contributed by atoms with van der Waals surface area (Å²) in [6.07, 6.45) is 4.43. The Labute approximate surface area is 315 Å². The average molecular weight is 789 g/mol. The Hall–Kier alpha value is -4.29. The summed E-state index contributed by atoms with van der Waals surface area (Å²) < 4.78 is 13.5. The SMILES string of the molecule is C[C@H]1NC(=O)CC/C=C\CN(c2ccc(Cl)cc2)C(=O)[C@@H]2N([C@@H](CO)Cc3ccccc3)C(=O)[C@H]3[C@H](C(=O)O[C@@H]1c1ccccc1)[C@H]1O[C@@]23C=C1Br. The maximum Gasteiger partial charge on any atom is 0.313 e. The van der Waals surface area contributed by atoms with Crippen molar-refractivity contribution < 1.29 is 33.8 Å². The molecule has 0 radical (unpaired) electrons. The highest BCUT2D eigenvalue weighted by Crippen LogP contribution is 2.59. The number of rotatable bonds is 6. The fourth-order valence-electron chi connectivity index (χ4n) is 8.05. The number of fused-ring (bicyclic) bond motifs is 2. The topological polar surface area (TPSA) is 125 Å². The third kappa shape index (κ3) is 6.59. The number of likely N-dealkylation sites (tertiary alicyclic amines) is 1. The number of halogens is 2. The van der Waals surface area contributed by atoms with Crippen molar-refractivity contribution in [2.45, 2.75) is 62.1 Å². The second-order valence-electron chi connectivity index (χ2n) is 13.7. The van der Waals surface area contributed by atoms with Gasteiger partial charge in [0, 0.05) is 28.2 Å². The monoisotopic (exact) mass is 787 g/mol. The van der Waals surface area contributed by atoms with Gasteiger partial charge in [-0.1, -0.05) is 100 Å². The van der Waals surface area contributed by atoms with Gasteiger partial charge in [0.05, 0.1) is 24.6 Å². The molecule has 3 aromatic rings. The van der Waals surface area contributed by atoms with E-state index in [1.807, 2.05) is 72.8 Å². The molecular formula is C40H39BrClN3O7. The molecule has 0 aromatic heterocycles. The number of aliphatic hydroxyl groups is 1. The van der Waals surface area contributed by atoms with Crippen molar-refractivity contribution in [3.63, 3.8) is 0 Å². The van der Waals surface area contributed by atoms with Gasteiger partial charge in [0.1, 0.15) is 29.8 Å². The summed E-state index contributed by atoms with van der Waals surface area (Å²) in [5.74, 6) is -4.13. The van der Waals surface area contributed by atoms with E-state index in [0.29, 0.717) is 27.2 Å². The minimum Gasteiger partial charge on any atom is -0.455 e. The van der Waals surface area contributed by atoms with Crippen LogP contribution in [-0.2, 0) is 35.1 Å². The minimum absolute atomic E-state index is 0.107. The number of benzene rings is 3. The van der Waals surface area contributed by atoms with E-state index in [1.165, 1.54) is 4.90 Å². The van der Waals surface area contributed by atoms with Crippen LogP contribution >= 0.6 is 27.5 Å². The lowest BCUT2D eigenvalue weighted by molar-refractivity contribution is -0.161. The number of carbonyl (C=O) groups is 4. The highest BCUT2D eigenvalue weighted by Gasteiger charge is 2.75. The number of nitrogens with zero attached hydrogens (tertiary/aromatic N) is 2. The number of esters is 1. The fourth-order valence-corrected chi connectivity index (χ4v) is 8.91. The number of aliphatic hydroxyl groups excluding tert-OH is 1. The molecule has 5 bridgehead atoms. The molecule has 10 nitrogen and oxygen atoms in total. The van der Waals surface area contributed by atoms with Crippen molar-refractivity contribution >= 4 is 56.9 Å². The third-order valence-corrected chi connectivity index (χ3v) is 11.3. The molecule has 3 aromatic carbocycles. The summed E-state index contributed by atoms with van der Waals surface area (Å²) in [5, 5.41) is 14.4. The van der Waals surface area contributed by atoms with Gasteiger partial charge >= 0.3 is 5.97 Å². The Kier molecular flexibility index (Phi) is 10.4. The molecule has 3 amide bonds. The van der Waals surface area contributed by atoms with Crippen molar-refractivity contribution in [3.8, 4) is 0 Å². The summed E-state index contributed by atoms with van der Waals surface area (Å²) >= 11 is 9.86. The van der Waals surface area contributed by atoms with Gasteiger partial charge in [0.25, 0.3) is 5.91 Å². The number of ether oxygens (including phenoxy) is 2. The second-order valence-corrected chi connectivity index (χ2v) is 15.0. The van der Waals surface area contributed by atoms with Gasteiger partial charge < -0.3 is 29.7 Å². The molecule has 0 aliphatic carbocycles. The summed E-state index contributed by atoms with van der Waals surface area (Å²) in [6, 6.07) is 22.7. The number of anilines is 1. The van der Waals surface area contributed by atoms with Crippen LogP contribution in [0.4, 0.5) is 5.69 Å². The molecule has 0 saturated carbocycles. The number of allylic oxidation sites excluding steroid dienone is 1. The highest BCUT2D eigenvalue weighted by molar-refractivity contribution is 9.11. The quantitative estimate of drug-likeness (QED) is 0.257. The lowest BCUT2D eigenvalue weighted by atomic mass is 9.74. The summed E-state index contributed by atoms with van der Waals surface area (Å²) in [5.41, 5.74) is 0.498. The van der Waals surface area contributed by atoms with Crippen LogP contribution in [0.2, 0.25) is 5.02 Å².